The minimum absolute atomic E-state index is 0.126. The lowest BCUT2D eigenvalue weighted by molar-refractivity contribution is -0.0524. The zero-order valence-electron chi connectivity index (χ0n) is 15.5. The van der Waals surface area contributed by atoms with Crippen LogP contribution in [0.25, 0.3) is 0 Å². The Bertz CT molecular complexity index is 1010. The number of anilines is 1. The van der Waals surface area contributed by atoms with Gasteiger partial charge in [0, 0.05) is 11.3 Å². The van der Waals surface area contributed by atoms with Crippen LogP contribution in [-0.2, 0) is 6.54 Å². The Morgan fingerprint density at radius 2 is 1.97 bits per heavy atom. The van der Waals surface area contributed by atoms with Crippen molar-refractivity contribution in [3.05, 3.63) is 77.7 Å². The van der Waals surface area contributed by atoms with E-state index in [1.165, 1.54) is 24.3 Å². The summed E-state index contributed by atoms with van der Waals surface area (Å²) in [6.07, 6.45) is 0.739. The molecule has 1 aliphatic heterocycles. The number of hydrogen-bond donors (Lipinski definition) is 1. The van der Waals surface area contributed by atoms with Crippen molar-refractivity contribution in [3.63, 3.8) is 0 Å². The third-order valence-electron chi connectivity index (χ3n) is 4.66. The van der Waals surface area contributed by atoms with Gasteiger partial charge in [0.05, 0.1) is 25.5 Å². The first-order valence-corrected chi connectivity index (χ1v) is 8.89. The molecular formula is C21H18F2N2O4. The summed E-state index contributed by atoms with van der Waals surface area (Å²) in [5.41, 5.74) is 1.43. The molecule has 4 rings (SSSR count). The second-order valence-corrected chi connectivity index (χ2v) is 6.36. The molecule has 29 heavy (non-hydrogen) atoms. The molecule has 0 bridgehead atoms. The van der Waals surface area contributed by atoms with Gasteiger partial charge in [-0.2, -0.15) is 8.78 Å². The highest BCUT2D eigenvalue weighted by molar-refractivity contribution is 6.01. The molecule has 2 heterocycles. The van der Waals surface area contributed by atoms with E-state index in [1.54, 1.807) is 48.5 Å². The lowest BCUT2D eigenvalue weighted by Gasteiger charge is -2.38. The lowest BCUT2D eigenvalue weighted by Crippen LogP contribution is -2.42. The molecule has 6 nitrogen and oxygen atoms in total. The molecule has 0 aliphatic carbocycles. The monoisotopic (exact) mass is 400 g/mol. The number of benzene rings is 2. The maximum absolute atomic E-state index is 13.2. The number of furan rings is 1. The van der Waals surface area contributed by atoms with Crippen LogP contribution < -0.4 is 14.8 Å². The van der Waals surface area contributed by atoms with Gasteiger partial charge in [-0.25, -0.2) is 0 Å². The van der Waals surface area contributed by atoms with Crippen LogP contribution in [0.3, 0.4) is 0 Å². The number of para-hydroxylation sites is 2. The van der Waals surface area contributed by atoms with E-state index in [9.17, 15) is 13.6 Å². The number of ether oxygens (including phenoxy) is 2. The summed E-state index contributed by atoms with van der Waals surface area (Å²) in [4.78, 5) is 14.7. The average Bonchev–Trinajstić information content (AvgIpc) is 3.23. The quantitative estimate of drug-likeness (QED) is 0.652. The fraction of sp³-hybridized carbons (Fsp3) is 0.190. The Morgan fingerprint density at radius 3 is 2.69 bits per heavy atom. The van der Waals surface area contributed by atoms with Gasteiger partial charge in [0.2, 0.25) is 0 Å². The molecule has 1 aromatic heterocycles. The van der Waals surface area contributed by atoms with Gasteiger partial charge in [-0.05, 0) is 30.3 Å². The fourth-order valence-corrected chi connectivity index (χ4v) is 3.40. The molecule has 1 amide bonds. The van der Waals surface area contributed by atoms with Crippen molar-refractivity contribution in [3.8, 4) is 11.5 Å². The normalized spacial score (nSPS) is 15.8. The summed E-state index contributed by atoms with van der Waals surface area (Å²) < 4.78 is 41.6. The van der Waals surface area contributed by atoms with Crippen LogP contribution in [0.5, 0.6) is 11.5 Å². The van der Waals surface area contributed by atoms with Crippen molar-refractivity contribution in [2.75, 3.05) is 12.4 Å². The van der Waals surface area contributed by atoms with Crippen molar-refractivity contribution in [2.45, 2.75) is 19.3 Å². The number of amides is 1. The predicted molar refractivity (Wildman–Crippen MR) is 101 cm³/mol. The third kappa shape index (κ3) is 3.61. The zero-order chi connectivity index (χ0) is 20.4. The number of alkyl halides is 2. The number of methoxy groups -OCH3 is 1. The summed E-state index contributed by atoms with van der Waals surface area (Å²) in [7, 11) is 1.37. The smallest absolute Gasteiger partial charge is 0.387 e. The van der Waals surface area contributed by atoms with Gasteiger partial charge in [-0.15, -0.1) is 0 Å². The number of fused-ring (bicyclic) bond motifs is 1. The SMILES string of the molecule is COc1cccc([C@H]2Nc3ccccc3C(=O)N2Cc2ccco2)c1OC(F)F. The van der Waals surface area contributed by atoms with Crippen LogP contribution >= 0.6 is 0 Å². The summed E-state index contributed by atoms with van der Waals surface area (Å²) in [5, 5.41) is 3.25. The topological polar surface area (TPSA) is 63.9 Å². The van der Waals surface area contributed by atoms with Crippen LogP contribution in [0, 0.1) is 0 Å². The van der Waals surface area contributed by atoms with Gasteiger partial charge in [0.15, 0.2) is 11.5 Å². The molecular weight excluding hydrogens is 382 g/mol. The molecule has 1 N–H and O–H groups in total. The molecule has 0 fully saturated rings. The molecule has 1 atom stereocenters. The first kappa shape index (κ1) is 18.8. The van der Waals surface area contributed by atoms with Gasteiger partial charge >= 0.3 is 6.61 Å². The Balaban J connectivity index is 1.82. The minimum Gasteiger partial charge on any atom is -0.493 e. The molecule has 0 unspecified atom stereocenters. The first-order chi connectivity index (χ1) is 14.1. The van der Waals surface area contributed by atoms with E-state index >= 15 is 0 Å². The maximum Gasteiger partial charge on any atom is 0.387 e. The maximum atomic E-state index is 13.2. The fourth-order valence-electron chi connectivity index (χ4n) is 3.40. The second kappa shape index (κ2) is 7.83. The number of rotatable bonds is 6. The highest BCUT2D eigenvalue weighted by Crippen LogP contribution is 2.42. The van der Waals surface area contributed by atoms with Crippen LogP contribution in [0.4, 0.5) is 14.5 Å². The molecule has 2 aromatic carbocycles. The highest BCUT2D eigenvalue weighted by Gasteiger charge is 2.36. The van der Waals surface area contributed by atoms with Crippen molar-refractivity contribution >= 4 is 11.6 Å². The van der Waals surface area contributed by atoms with Gasteiger partial charge in [0.25, 0.3) is 5.91 Å². The minimum atomic E-state index is -3.05. The van der Waals surface area contributed by atoms with Gasteiger partial charge in [-0.1, -0.05) is 24.3 Å². The molecule has 0 spiro atoms. The summed E-state index contributed by atoms with van der Waals surface area (Å²) in [5.74, 6) is 0.323. The van der Waals surface area contributed by atoms with E-state index in [-0.39, 0.29) is 24.0 Å². The van der Waals surface area contributed by atoms with Crippen molar-refractivity contribution in [1.29, 1.82) is 0 Å². The number of nitrogens with zero attached hydrogens (tertiary/aromatic N) is 1. The number of carbonyl (C=O) groups excluding carboxylic acids is 1. The van der Waals surface area contributed by atoms with E-state index < -0.39 is 12.8 Å². The van der Waals surface area contributed by atoms with Crippen LogP contribution in [0.2, 0.25) is 0 Å². The Hall–Kier alpha value is -3.55. The molecule has 150 valence electrons. The Kier molecular flexibility index (Phi) is 5.07. The van der Waals surface area contributed by atoms with E-state index in [0.29, 0.717) is 22.6 Å². The van der Waals surface area contributed by atoms with E-state index in [4.69, 9.17) is 13.9 Å². The van der Waals surface area contributed by atoms with E-state index in [0.717, 1.165) is 0 Å². The summed E-state index contributed by atoms with van der Waals surface area (Å²) in [6, 6.07) is 15.3. The molecule has 0 saturated carbocycles. The number of carbonyl (C=O) groups is 1. The first-order valence-electron chi connectivity index (χ1n) is 8.89. The van der Waals surface area contributed by atoms with Gasteiger partial charge < -0.3 is 24.1 Å². The van der Waals surface area contributed by atoms with Crippen molar-refractivity contribution in [1.82, 2.24) is 4.90 Å². The van der Waals surface area contributed by atoms with Crippen molar-refractivity contribution in [2.24, 2.45) is 0 Å². The van der Waals surface area contributed by atoms with Crippen LogP contribution in [-0.4, -0.2) is 24.5 Å². The zero-order valence-corrected chi connectivity index (χ0v) is 15.5. The van der Waals surface area contributed by atoms with Crippen molar-refractivity contribution < 1.29 is 27.5 Å². The van der Waals surface area contributed by atoms with E-state index in [2.05, 4.69) is 5.32 Å². The number of halogens is 2. The van der Waals surface area contributed by atoms with Gasteiger partial charge in [-0.3, -0.25) is 4.79 Å². The Morgan fingerprint density at radius 1 is 1.14 bits per heavy atom. The standard InChI is InChI=1S/C21H18F2N2O4/c1-27-17-10-4-8-15(18(17)29-21(22)23)19-24-16-9-3-2-7-14(16)20(26)25(19)12-13-6-5-11-28-13/h2-11,19,21,24H,12H2,1H3/t19-/m0/s1. The number of nitrogens with one attached hydrogen (secondary N) is 1. The average molecular weight is 400 g/mol. The third-order valence-corrected chi connectivity index (χ3v) is 4.66. The van der Waals surface area contributed by atoms with Crippen LogP contribution in [0.15, 0.2) is 65.3 Å². The number of hydrogen-bond acceptors (Lipinski definition) is 5. The largest absolute Gasteiger partial charge is 0.493 e. The molecule has 0 saturated heterocycles. The molecule has 8 heteroatoms. The molecule has 3 aromatic rings. The second-order valence-electron chi connectivity index (χ2n) is 6.36. The van der Waals surface area contributed by atoms with Crippen LogP contribution in [0.1, 0.15) is 27.8 Å². The molecule has 1 aliphatic rings. The summed E-state index contributed by atoms with van der Waals surface area (Å²) >= 11 is 0. The predicted octanol–water partition coefficient (Wildman–Crippen LogP) is 4.66. The molecule has 0 radical (unpaired) electrons. The Labute approximate surface area is 165 Å². The highest BCUT2D eigenvalue weighted by atomic mass is 19.3. The lowest BCUT2D eigenvalue weighted by atomic mass is 10.0. The van der Waals surface area contributed by atoms with Gasteiger partial charge in [0.1, 0.15) is 11.9 Å². The van der Waals surface area contributed by atoms with E-state index in [1.807, 2.05) is 0 Å². The summed E-state index contributed by atoms with van der Waals surface area (Å²) in [6.45, 7) is -2.90.